The van der Waals surface area contributed by atoms with E-state index in [4.69, 9.17) is 9.26 Å². The molecule has 0 spiro atoms. The van der Waals surface area contributed by atoms with Crippen LogP contribution in [0, 0.1) is 0 Å². The van der Waals surface area contributed by atoms with Gasteiger partial charge in [0.2, 0.25) is 5.95 Å². The summed E-state index contributed by atoms with van der Waals surface area (Å²) in [6.45, 7) is 13.8. The number of ether oxygens (including phenoxy) is 1. The molecule has 2 aromatic heterocycles. The summed E-state index contributed by atoms with van der Waals surface area (Å²) in [6, 6.07) is 15.8. The third kappa shape index (κ3) is 5.72. The van der Waals surface area contributed by atoms with Crippen LogP contribution in [0.15, 0.2) is 59.7 Å². The lowest BCUT2D eigenvalue weighted by atomic mass is 9.91. The van der Waals surface area contributed by atoms with Crippen molar-refractivity contribution in [1.29, 1.82) is 0 Å². The van der Waals surface area contributed by atoms with Gasteiger partial charge in [-0.05, 0) is 81.8 Å². The third-order valence-electron chi connectivity index (χ3n) is 11.0. The van der Waals surface area contributed by atoms with Crippen molar-refractivity contribution in [3.63, 3.8) is 0 Å². The molecule has 0 radical (unpaired) electrons. The molecule has 1 fully saturated rings. The van der Waals surface area contributed by atoms with E-state index in [1.165, 1.54) is 41.6 Å². The molecule has 13 nitrogen and oxygen atoms in total. The Morgan fingerprint density at radius 1 is 1.02 bits per heavy atom. The summed E-state index contributed by atoms with van der Waals surface area (Å²) < 4.78 is 24.6. The number of nitrogens with zero attached hydrogens (tertiary/aromatic N) is 4. The number of imidazole rings is 1. The molecule has 1 saturated heterocycles. The van der Waals surface area contributed by atoms with E-state index in [0.29, 0.717) is 0 Å². The second-order valence-corrected chi connectivity index (χ2v) is 13.7. The molecule has 6 aromatic rings. The standard InChI is InChI=1S/C28H22N5O7P.C8H20N/c34-10-18-17(40-41(37)38)9-19(39-18)33-11-29-24-26(33)31-28(32-27(24)36)30-23-15-7-6-13-5-4-12-2-1-3-14-8-16(25(23)35)22(15)21(13)20(12)14;1-5-9(6-2,7-3)8-4/h1-8,11,17-19,23,25,34-35H,9-10H2,(H2,30,31,32,36);5-8H2,1-4H3/q;+1/t17-,18+,19+,23-,25-;/m0./s1. The number of hydrogen-bond donors (Lipinski definition) is 4. The zero-order valence-corrected chi connectivity index (χ0v) is 29.4. The zero-order chi connectivity index (χ0) is 35.3. The molecule has 4 N–H and O–H groups in total. The molecular weight excluding hydrogens is 659 g/mol. The van der Waals surface area contributed by atoms with Gasteiger partial charge in [-0.25, -0.2) is 4.98 Å². The molecule has 8 rings (SSSR count). The van der Waals surface area contributed by atoms with Crippen LogP contribution < -0.4 is 15.8 Å². The molecule has 0 saturated carbocycles. The number of aromatic amines is 1. The number of aliphatic hydroxyl groups is 2. The van der Waals surface area contributed by atoms with Gasteiger partial charge in [-0.15, -0.1) is 4.52 Å². The minimum absolute atomic E-state index is 0.0636. The first-order chi connectivity index (χ1) is 24.1. The number of hydrogen-bond acceptors (Lipinski definition) is 10. The highest BCUT2D eigenvalue weighted by molar-refractivity contribution is 7.30. The van der Waals surface area contributed by atoms with Gasteiger partial charge in [0.15, 0.2) is 11.2 Å². The number of quaternary nitrogens is 1. The maximum atomic E-state index is 13.0. The predicted molar refractivity (Wildman–Crippen MR) is 190 cm³/mol. The van der Waals surface area contributed by atoms with Crippen LogP contribution >= 0.6 is 8.25 Å². The van der Waals surface area contributed by atoms with Crippen LogP contribution in [0.3, 0.4) is 0 Å². The molecule has 0 bridgehead atoms. The summed E-state index contributed by atoms with van der Waals surface area (Å²) in [4.78, 5) is 35.6. The van der Waals surface area contributed by atoms with Crippen molar-refractivity contribution in [1.82, 2.24) is 19.5 Å². The Kier molecular flexibility index (Phi) is 9.33. The quantitative estimate of drug-likeness (QED) is 0.0884. The number of benzene rings is 4. The Bertz CT molecular complexity index is 2230. The number of aromatic nitrogens is 4. The molecule has 4 aromatic carbocycles. The van der Waals surface area contributed by atoms with Crippen LogP contribution in [-0.2, 0) is 13.8 Å². The summed E-state index contributed by atoms with van der Waals surface area (Å²) in [5.74, 6) is 0.128. The first kappa shape index (κ1) is 34.4. The molecule has 50 heavy (non-hydrogen) atoms. The molecule has 1 unspecified atom stereocenters. The van der Waals surface area contributed by atoms with Gasteiger partial charge in [-0.3, -0.25) is 14.3 Å². The molecule has 2 aliphatic rings. The molecule has 262 valence electrons. The predicted octanol–water partition coefficient (Wildman–Crippen LogP) is 4.78. The van der Waals surface area contributed by atoms with E-state index in [0.717, 1.165) is 43.4 Å². The lowest BCUT2D eigenvalue weighted by Gasteiger charge is -2.34. The average molecular weight is 702 g/mol. The summed E-state index contributed by atoms with van der Waals surface area (Å²) >= 11 is 0. The summed E-state index contributed by atoms with van der Waals surface area (Å²) in [6.07, 6.45) is -1.96. The van der Waals surface area contributed by atoms with Crippen LogP contribution in [0.25, 0.3) is 43.5 Å². The van der Waals surface area contributed by atoms with Crippen molar-refractivity contribution in [2.45, 2.75) is 64.7 Å². The highest BCUT2D eigenvalue weighted by Gasteiger charge is 2.41. The van der Waals surface area contributed by atoms with Crippen LogP contribution in [0.5, 0.6) is 0 Å². The maximum Gasteiger partial charge on any atom is 0.488 e. The van der Waals surface area contributed by atoms with Crippen molar-refractivity contribution in [3.05, 3.63) is 76.3 Å². The van der Waals surface area contributed by atoms with Gasteiger partial charge in [0.25, 0.3) is 5.56 Å². The van der Waals surface area contributed by atoms with E-state index < -0.39 is 51.0 Å². The van der Waals surface area contributed by atoms with Crippen LogP contribution in [0.4, 0.5) is 5.95 Å². The fraction of sp³-hybridized carbons (Fsp3) is 0.417. The van der Waals surface area contributed by atoms with Gasteiger partial charge >= 0.3 is 8.25 Å². The molecule has 0 amide bonds. The van der Waals surface area contributed by atoms with Gasteiger partial charge in [0, 0.05) is 6.42 Å². The van der Waals surface area contributed by atoms with Gasteiger partial charge in [-0.1, -0.05) is 42.5 Å². The largest absolute Gasteiger partial charge is 0.566 e. The van der Waals surface area contributed by atoms with Crippen molar-refractivity contribution < 1.29 is 33.4 Å². The van der Waals surface area contributed by atoms with Crippen molar-refractivity contribution in [3.8, 4) is 0 Å². The van der Waals surface area contributed by atoms with Gasteiger partial charge in [0.1, 0.15) is 24.5 Å². The first-order valence-electron chi connectivity index (χ1n) is 17.2. The smallest absolute Gasteiger partial charge is 0.488 e. The second-order valence-electron chi connectivity index (χ2n) is 13.1. The summed E-state index contributed by atoms with van der Waals surface area (Å²) in [5, 5.41) is 30.9. The fourth-order valence-corrected chi connectivity index (χ4v) is 8.30. The third-order valence-corrected chi connectivity index (χ3v) is 11.4. The Morgan fingerprint density at radius 3 is 2.36 bits per heavy atom. The van der Waals surface area contributed by atoms with E-state index in [1.807, 2.05) is 30.3 Å². The van der Waals surface area contributed by atoms with E-state index in [2.05, 4.69) is 66.2 Å². The first-order valence-corrected chi connectivity index (χ1v) is 18.3. The topological polar surface area (TPSA) is 175 Å². The summed E-state index contributed by atoms with van der Waals surface area (Å²) in [5.41, 5.74) is 1.47. The van der Waals surface area contributed by atoms with Crippen LogP contribution in [0.1, 0.15) is 63.6 Å². The average Bonchev–Trinajstić information content (AvgIpc) is 3.81. The lowest BCUT2D eigenvalue weighted by molar-refractivity contribution is -0.921. The highest BCUT2D eigenvalue weighted by atomic mass is 31.1. The Hall–Kier alpha value is -4.07. The van der Waals surface area contributed by atoms with Crippen molar-refractivity contribution >= 4 is 57.7 Å². The molecule has 1 aliphatic heterocycles. The monoisotopic (exact) mass is 701 g/mol. The normalized spacial score (nSPS) is 22.1. The Labute approximate surface area is 289 Å². The fourth-order valence-electron chi connectivity index (χ4n) is 7.86. The number of aliphatic hydroxyl groups excluding tert-OH is 2. The highest BCUT2D eigenvalue weighted by Crippen LogP contribution is 2.50. The SMILES string of the molecule is CC[N+](CC)(CC)CC.O=c1[nH]c(N[C@H]2c3ccc4ccc5cccc6cc(c3c4c56)[C@@H]2O)nc2c1ncn2[C@H]1C[C@H](O[P+](=O)[O-])[C@@H](CO)O1. The van der Waals surface area contributed by atoms with Crippen molar-refractivity contribution in [2.75, 3.05) is 38.1 Å². The van der Waals surface area contributed by atoms with E-state index in [9.17, 15) is 24.5 Å². The minimum atomic E-state index is -3.15. The van der Waals surface area contributed by atoms with E-state index >= 15 is 0 Å². The number of nitrogens with one attached hydrogen (secondary N) is 2. The molecule has 3 heterocycles. The molecule has 14 heteroatoms. The number of fused-ring (bicyclic) bond motifs is 1. The lowest BCUT2D eigenvalue weighted by Crippen LogP contribution is -2.47. The molecular formula is C36H42N6O7P+. The molecule has 6 atom stereocenters. The van der Waals surface area contributed by atoms with E-state index in [1.54, 1.807) is 0 Å². The Morgan fingerprint density at radius 2 is 1.70 bits per heavy atom. The van der Waals surface area contributed by atoms with Gasteiger partial charge in [0.05, 0.1) is 45.2 Å². The van der Waals surface area contributed by atoms with Crippen molar-refractivity contribution in [2.24, 2.45) is 0 Å². The zero-order valence-electron chi connectivity index (χ0n) is 28.5. The van der Waals surface area contributed by atoms with Gasteiger partial charge < -0.3 is 29.6 Å². The number of rotatable bonds is 10. The number of H-pyrrole nitrogens is 1. The van der Waals surface area contributed by atoms with Gasteiger partial charge in [-0.2, -0.15) is 4.98 Å². The minimum Gasteiger partial charge on any atom is -0.566 e. The maximum absolute atomic E-state index is 13.0. The van der Waals surface area contributed by atoms with E-state index in [-0.39, 0.29) is 23.5 Å². The summed E-state index contributed by atoms with van der Waals surface area (Å²) in [7, 11) is -3.15. The Balaban J connectivity index is 0.000000387. The number of anilines is 1. The second kappa shape index (κ2) is 13.6. The van der Waals surface area contributed by atoms with Crippen LogP contribution in [-0.4, -0.2) is 79.2 Å². The van der Waals surface area contributed by atoms with Crippen LogP contribution in [0.2, 0.25) is 0 Å². The molecule has 1 aliphatic carbocycles.